The third kappa shape index (κ3) is 3.58. The van der Waals surface area contributed by atoms with Crippen LogP contribution in [0.4, 0.5) is 0 Å². The maximum Gasteiger partial charge on any atom is 0.0656 e. The zero-order valence-corrected chi connectivity index (χ0v) is 13.3. The highest BCUT2D eigenvalue weighted by atomic mass is 127. The van der Waals surface area contributed by atoms with Crippen molar-refractivity contribution in [1.82, 2.24) is 0 Å². The summed E-state index contributed by atoms with van der Waals surface area (Å²) in [7, 11) is 0. The highest BCUT2D eigenvalue weighted by Gasteiger charge is 2.10. The minimum absolute atomic E-state index is 0.00649. The van der Waals surface area contributed by atoms with Gasteiger partial charge in [0, 0.05) is 6.04 Å². The molecule has 1 aromatic heterocycles. The van der Waals surface area contributed by atoms with E-state index in [0.717, 1.165) is 12.0 Å². The van der Waals surface area contributed by atoms with E-state index in [2.05, 4.69) is 34.0 Å². The molecule has 0 aliphatic heterocycles. The first kappa shape index (κ1) is 13.6. The van der Waals surface area contributed by atoms with E-state index in [0.29, 0.717) is 10.0 Å². The Morgan fingerprint density at radius 1 is 1.24 bits per heavy atom. The molecule has 0 spiro atoms. The summed E-state index contributed by atoms with van der Waals surface area (Å²) >= 11 is 15.9. The second kappa shape index (κ2) is 5.89. The molecule has 0 amide bonds. The molecular weight excluding hydrogens is 388 g/mol. The average Bonchev–Trinajstić information content (AvgIpc) is 2.70. The monoisotopic (exact) mass is 397 g/mol. The number of nitrogens with two attached hydrogens (primary N) is 1. The first-order valence-electron chi connectivity index (χ1n) is 4.99. The Hall–Kier alpha value is 0.190. The molecule has 2 rings (SSSR count). The predicted octanol–water partition coefficient (Wildman–Crippen LogP) is 4.90. The molecule has 0 saturated carbocycles. The molecular formula is C12H10Cl2INS. The van der Waals surface area contributed by atoms with E-state index >= 15 is 0 Å². The quantitative estimate of drug-likeness (QED) is 0.732. The SMILES string of the molecule is NC(Cc1ccc(Cl)c(Cl)c1)c1csc(I)c1. The van der Waals surface area contributed by atoms with Crippen molar-refractivity contribution >= 4 is 57.1 Å². The third-order valence-corrected chi connectivity index (χ3v) is 5.00. The van der Waals surface area contributed by atoms with Crippen molar-refractivity contribution in [1.29, 1.82) is 0 Å². The Morgan fingerprint density at radius 2 is 2.00 bits per heavy atom. The summed E-state index contributed by atoms with van der Waals surface area (Å²) in [4.78, 5) is 0. The van der Waals surface area contributed by atoms with Gasteiger partial charge in [0.15, 0.2) is 0 Å². The van der Waals surface area contributed by atoms with Crippen LogP contribution in [0.5, 0.6) is 0 Å². The zero-order chi connectivity index (χ0) is 12.4. The lowest BCUT2D eigenvalue weighted by molar-refractivity contribution is 0.725. The molecule has 0 saturated heterocycles. The fourth-order valence-electron chi connectivity index (χ4n) is 1.56. The molecule has 5 heteroatoms. The molecule has 2 aromatic rings. The van der Waals surface area contributed by atoms with E-state index < -0.39 is 0 Å². The van der Waals surface area contributed by atoms with Crippen LogP contribution in [0.1, 0.15) is 17.2 Å². The van der Waals surface area contributed by atoms with Crippen LogP contribution in [0, 0.1) is 2.88 Å². The van der Waals surface area contributed by atoms with Gasteiger partial charge in [-0.15, -0.1) is 11.3 Å². The summed E-state index contributed by atoms with van der Waals surface area (Å²) in [6, 6.07) is 7.77. The number of hydrogen-bond donors (Lipinski definition) is 1. The van der Waals surface area contributed by atoms with Gasteiger partial charge in [-0.3, -0.25) is 0 Å². The van der Waals surface area contributed by atoms with Crippen LogP contribution in [0.15, 0.2) is 29.6 Å². The molecule has 0 aliphatic rings. The summed E-state index contributed by atoms with van der Waals surface area (Å²) in [6.07, 6.45) is 0.768. The predicted molar refractivity (Wildman–Crippen MR) is 84.1 cm³/mol. The fraction of sp³-hybridized carbons (Fsp3) is 0.167. The molecule has 0 aliphatic carbocycles. The Kier molecular flexibility index (Phi) is 4.72. The number of rotatable bonds is 3. The van der Waals surface area contributed by atoms with Crippen molar-refractivity contribution in [3.8, 4) is 0 Å². The largest absolute Gasteiger partial charge is 0.324 e. The average molecular weight is 398 g/mol. The van der Waals surface area contributed by atoms with E-state index in [1.165, 1.54) is 8.45 Å². The highest BCUT2D eigenvalue weighted by Crippen LogP contribution is 2.27. The lowest BCUT2D eigenvalue weighted by Gasteiger charge is -2.10. The molecule has 90 valence electrons. The lowest BCUT2D eigenvalue weighted by atomic mass is 10.0. The Bertz CT molecular complexity index is 527. The number of benzene rings is 1. The molecule has 0 fully saturated rings. The van der Waals surface area contributed by atoms with Crippen LogP contribution in [0.25, 0.3) is 0 Å². The summed E-state index contributed by atoms with van der Waals surface area (Å²) in [5.74, 6) is 0. The van der Waals surface area contributed by atoms with Crippen LogP contribution in [0.3, 0.4) is 0 Å². The van der Waals surface area contributed by atoms with Crippen molar-refractivity contribution in [3.63, 3.8) is 0 Å². The molecule has 1 aromatic carbocycles. The van der Waals surface area contributed by atoms with Gasteiger partial charge in [0.05, 0.1) is 12.9 Å². The van der Waals surface area contributed by atoms with Gasteiger partial charge in [0.1, 0.15) is 0 Å². The second-order valence-corrected chi connectivity index (χ2v) is 7.36. The number of halogens is 3. The van der Waals surface area contributed by atoms with Crippen molar-refractivity contribution in [2.45, 2.75) is 12.5 Å². The molecule has 1 atom stereocenters. The first-order valence-corrected chi connectivity index (χ1v) is 7.71. The Morgan fingerprint density at radius 3 is 2.59 bits per heavy atom. The van der Waals surface area contributed by atoms with E-state index in [4.69, 9.17) is 28.9 Å². The van der Waals surface area contributed by atoms with Crippen LogP contribution >= 0.6 is 57.1 Å². The molecule has 0 radical (unpaired) electrons. The van der Waals surface area contributed by atoms with Gasteiger partial charge in [-0.05, 0) is 63.7 Å². The van der Waals surface area contributed by atoms with Gasteiger partial charge in [0.25, 0.3) is 0 Å². The molecule has 0 bridgehead atoms. The molecule has 1 nitrogen and oxygen atoms in total. The second-order valence-electron chi connectivity index (χ2n) is 3.74. The summed E-state index contributed by atoms with van der Waals surface area (Å²) < 4.78 is 1.25. The van der Waals surface area contributed by atoms with Gasteiger partial charge >= 0.3 is 0 Å². The maximum absolute atomic E-state index is 6.16. The lowest BCUT2D eigenvalue weighted by Crippen LogP contribution is -2.12. The fourth-order valence-corrected chi connectivity index (χ4v) is 3.31. The molecule has 17 heavy (non-hydrogen) atoms. The van der Waals surface area contributed by atoms with Crippen molar-refractivity contribution < 1.29 is 0 Å². The standard InChI is InChI=1S/C12H10Cl2INS/c13-9-2-1-7(3-10(9)14)4-11(16)8-5-12(15)17-6-8/h1-3,5-6,11H,4,16H2. The summed E-state index contributed by atoms with van der Waals surface area (Å²) in [6.45, 7) is 0. The normalized spacial score (nSPS) is 12.7. The Balaban J connectivity index is 2.12. The van der Waals surface area contributed by atoms with E-state index in [-0.39, 0.29) is 6.04 Å². The molecule has 1 unspecified atom stereocenters. The third-order valence-electron chi connectivity index (χ3n) is 2.46. The van der Waals surface area contributed by atoms with E-state index in [1.807, 2.05) is 18.2 Å². The highest BCUT2D eigenvalue weighted by molar-refractivity contribution is 14.1. The zero-order valence-electron chi connectivity index (χ0n) is 8.79. The van der Waals surface area contributed by atoms with Crippen LogP contribution in [0.2, 0.25) is 10.0 Å². The number of hydrogen-bond acceptors (Lipinski definition) is 2. The van der Waals surface area contributed by atoms with Gasteiger partial charge in [-0.25, -0.2) is 0 Å². The minimum atomic E-state index is 0.00649. The van der Waals surface area contributed by atoms with Gasteiger partial charge in [-0.2, -0.15) is 0 Å². The minimum Gasteiger partial charge on any atom is -0.324 e. The van der Waals surface area contributed by atoms with Gasteiger partial charge in [0.2, 0.25) is 0 Å². The van der Waals surface area contributed by atoms with Crippen molar-refractivity contribution in [2.24, 2.45) is 5.73 Å². The summed E-state index contributed by atoms with van der Waals surface area (Å²) in [5.41, 5.74) is 8.43. The van der Waals surface area contributed by atoms with Gasteiger partial charge < -0.3 is 5.73 Å². The van der Waals surface area contributed by atoms with Gasteiger partial charge in [-0.1, -0.05) is 29.3 Å². The van der Waals surface area contributed by atoms with Crippen molar-refractivity contribution in [2.75, 3.05) is 0 Å². The van der Waals surface area contributed by atoms with Crippen LogP contribution < -0.4 is 5.73 Å². The first-order chi connectivity index (χ1) is 8.06. The smallest absolute Gasteiger partial charge is 0.0656 e. The maximum atomic E-state index is 6.16. The molecule has 2 N–H and O–H groups in total. The van der Waals surface area contributed by atoms with Crippen LogP contribution in [-0.2, 0) is 6.42 Å². The molecule has 1 heterocycles. The van der Waals surface area contributed by atoms with E-state index in [1.54, 1.807) is 11.3 Å². The topological polar surface area (TPSA) is 26.0 Å². The summed E-state index contributed by atoms with van der Waals surface area (Å²) in [5, 5.41) is 3.26. The number of thiophene rings is 1. The van der Waals surface area contributed by atoms with Crippen molar-refractivity contribution in [3.05, 3.63) is 53.7 Å². The Labute approximate surface area is 128 Å². The van der Waals surface area contributed by atoms with Crippen LogP contribution in [-0.4, -0.2) is 0 Å². The van der Waals surface area contributed by atoms with E-state index in [9.17, 15) is 0 Å².